The zero-order valence-corrected chi connectivity index (χ0v) is 15.2. The first-order valence-electron chi connectivity index (χ1n) is 8.44. The summed E-state index contributed by atoms with van der Waals surface area (Å²) in [5.74, 6) is -9.81. The third-order valence-electron chi connectivity index (χ3n) is 4.19. The fourth-order valence-electron chi connectivity index (χ4n) is 2.81. The number of hydrogen-bond acceptors (Lipinski definition) is 5. The molecule has 152 valence electrons. The Labute approximate surface area is 166 Å². The van der Waals surface area contributed by atoms with E-state index in [9.17, 15) is 22.4 Å². The van der Waals surface area contributed by atoms with Crippen LogP contribution in [0.5, 0.6) is 5.75 Å². The van der Waals surface area contributed by atoms with Gasteiger partial charge in [0.1, 0.15) is 5.56 Å². The summed E-state index contributed by atoms with van der Waals surface area (Å²) in [7, 11) is 0.841. The minimum absolute atomic E-state index is 0.0862. The van der Waals surface area contributed by atoms with Crippen molar-refractivity contribution in [1.82, 2.24) is 9.97 Å². The lowest BCUT2D eigenvalue weighted by atomic mass is 10.1. The van der Waals surface area contributed by atoms with E-state index in [1.54, 1.807) is 24.4 Å². The first-order chi connectivity index (χ1) is 14.4. The van der Waals surface area contributed by atoms with Crippen molar-refractivity contribution in [1.29, 1.82) is 0 Å². The van der Waals surface area contributed by atoms with E-state index in [0.717, 1.165) is 7.11 Å². The Morgan fingerprint density at radius 3 is 2.43 bits per heavy atom. The number of carbonyl (C=O) groups is 1. The fraction of sp³-hybridized carbons (Fsp3) is 0.0500. The molecule has 0 spiro atoms. The van der Waals surface area contributed by atoms with Crippen molar-refractivity contribution >= 4 is 22.8 Å². The van der Waals surface area contributed by atoms with Crippen LogP contribution in [0, 0.1) is 23.3 Å². The molecule has 10 heteroatoms. The third-order valence-corrected chi connectivity index (χ3v) is 4.19. The maximum Gasteiger partial charge on any atom is 0.261 e. The number of amides is 1. The quantitative estimate of drug-likeness (QED) is 0.385. The Morgan fingerprint density at radius 2 is 1.77 bits per heavy atom. The topological polar surface area (TPSA) is 77.2 Å². The molecule has 2 aromatic carbocycles. The molecule has 6 nitrogen and oxygen atoms in total. The zero-order valence-electron chi connectivity index (χ0n) is 15.2. The number of nitrogens with one attached hydrogen (secondary N) is 1. The van der Waals surface area contributed by atoms with Crippen LogP contribution in [-0.4, -0.2) is 23.0 Å². The number of oxazole rings is 1. The second kappa shape index (κ2) is 7.47. The van der Waals surface area contributed by atoms with Gasteiger partial charge in [-0.1, -0.05) is 6.07 Å². The van der Waals surface area contributed by atoms with E-state index in [1.807, 2.05) is 0 Å². The van der Waals surface area contributed by atoms with Crippen LogP contribution < -0.4 is 10.1 Å². The molecule has 0 aliphatic heterocycles. The molecular formula is C20H11F4N3O3. The normalized spacial score (nSPS) is 11.0. The Kier molecular flexibility index (Phi) is 4.82. The van der Waals surface area contributed by atoms with E-state index in [0.29, 0.717) is 16.8 Å². The van der Waals surface area contributed by atoms with Crippen LogP contribution in [0.4, 0.5) is 23.2 Å². The Hall–Kier alpha value is -3.95. The van der Waals surface area contributed by atoms with Gasteiger partial charge in [0.15, 0.2) is 28.6 Å². The molecule has 0 unspecified atom stereocenters. The average Bonchev–Trinajstić information content (AvgIpc) is 3.17. The Morgan fingerprint density at radius 1 is 1.03 bits per heavy atom. The molecule has 0 aliphatic carbocycles. The van der Waals surface area contributed by atoms with Gasteiger partial charge in [-0.25, -0.2) is 13.8 Å². The number of halogens is 4. The highest BCUT2D eigenvalue weighted by atomic mass is 19.2. The van der Waals surface area contributed by atoms with Crippen molar-refractivity contribution in [2.45, 2.75) is 0 Å². The van der Waals surface area contributed by atoms with Gasteiger partial charge in [-0.15, -0.1) is 0 Å². The molecule has 1 amide bonds. The zero-order chi connectivity index (χ0) is 21.4. The first-order valence-corrected chi connectivity index (χ1v) is 8.44. The van der Waals surface area contributed by atoms with Gasteiger partial charge in [-0.05, 0) is 30.3 Å². The van der Waals surface area contributed by atoms with Crippen LogP contribution in [-0.2, 0) is 0 Å². The Bertz CT molecular complexity index is 1230. The molecule has 2 aromatic heterocycles. The van der Waals surface area contributed by atoms with Crippen LogP contribution in [0.25, 0.3) is 22.7 Å². The van der Waals surface area contributed by atoms with Crippen molar-refractivity contribution in [3.05, 3.63) is 71.4 Å². The number of aromatic nitrogens is 2. The highest BCUT2D eigenvalue weighted by Gasteiger charge is 2.30. The van der Waals surface area contributed by atoms with Gasteiger partial charge in [-0.3, -0.25) is 4.79 Å². The number of benzene rings is 2. The van der Waals surface area contributed by atoms with Gasteiger partial charge in [0, 0.05) is 17.4 Å². The highest BCUT2D eigenvalue weighted by Crippen LogP contribution is 2.31. The van der Waals surface area contributed by atoms with E-state index in [-0.39, 0.29) is 11.6 Å². The molecule has 0 atom stereocenters. The summed E-state index contributed by atoms with van der Waals surface area (Å²) in [5, 5.41) is 2.20. The molecule has 4 rings (SSSR count). The smallest absolute Gasteiger partial charge is 0.261 e. The maximum absolute atomic E-state index is 14.2. The summed E-state index contributed by atoms with van der Waals surface area (Å²) < 4.78 is 65.9. The van der Waals surface area contributed by atoms with E-state index in [4.69, 9.17) is 4.42 Å². The lowest BCUT2D eigenvalue weighted by molar-refractivity contribution is 0.101. The van der Waals surface area contributed by atoms with Gasteiger partial charge in [0.2, 0.25) is 17.5 Å². The molecule has 1 N–H and O–H groups in total. The second-order valence-electron chi connectivity index (χ2n) is 6.04. The molecule has 0 radical (unpaired) electrons. The SMILES string of the molecule is COc1c(F)c(F)c(C(=O)Nc2cccc(-c3nc4ncccc4o3)c2)c(F)c1F. The molecule has 0 aliphatic rings. The number of rotatable bonds is 4. The minimum Gasteiger partial charge on any atom is -0.491 e. The summed E-state index contributed by atoms with van der Waals surface area (Å²) >= 11 is 0. The molecule has 0 bridgehead atoms. The van der Waals surface area contributed by atoms with Gasteiger partial charge in [0.25, 0.3) is 5.91 Å². The van der Waals surface area contributed by atoms with Gasteiger partial charge < -0.3 is 14.5 Å². The van der Waals surface area contributed by atoms with E-state index in [2.05, 4.69) is 20.0 Å². The molecular weight excluding hydrogens is 406 g/mol. The number of ether oxygens (including phenoxy) is 1. The standard InChI is InChI=1S/C20H11F4N3O3/c1-29-17-15(23)13(21)12(14(22)16(17)24)19(28)26-10-5-2-4-9(8-10)20-27-18-11(30-20)6-3-7-25-18/h2-8H,1H3,(H,26,28). The van der Waals surface area contributed by atoms with Gasteiger partial charge >= 0.3 is 0 Å². The molecule has 30 heavy (non-hydrogen) atoms. The van der Waals surface area contributed by atoms with Crippen molar-refractivity contribution in [3.8, 4) is 17.2 Å². The maximum atomic E-state index is 14.2. The Balaban J connectivity index is 1.67. The summed E-state index contributed by atoms with van der Waals surface area (Å²) in [4.78, 5) is 20.6. The lowest BCUT2D eigenvalue weighted by Gasteiger charge is -2.11. The van der Waals surface area contributed by atoms with Crippen LogP contribution in [0.2, 0.25) is 0 Å². The van der Waals surface area contributed by atoms with Gasteiger partial charge in [-0.2, -0.15) is 13.8 Å². The van der Waals surface area contributed by atoms with E-state index >= 15 is 0 Å². The van der Waals surface area contributed by atoms with Crippen molar-refractivity contribution in [3.63, 3.8) is 0 Å². The van der Waals surface area contributed by atoms with Crippen molar-refractivity contribution < 1.29 is 31.5 Å². The summed E-state index contributed by atoms with van der Waals surface area (Å²) in [6.07, 6.45) is 1.54. The van der Waals surface area contributed by atoms with Crippen LogP contribution in [0.15, 0.2) is 47.0 Å². The highest BCUT2D eigenvalue weighted by molar-refractivity contribution is 6.05. The van der Waals surface area contributed by atoms with E-state index < -0.39 is 40.5 Å². The third kappa shape index (κ3) is 3.21. The van der Waals surface area contributed by atoms with Crippen molar-refractivity contribution in [2.75, 3.05) is 12.4 Å². The summed E-state index contributed by atoms with van der Waals surface area (Å²) in [5.41, 5.74) is -0.0882. The number of nitrogens with zero attached hydrogens (tertiary/aromatic N) is 2. The van der Waals surface area contributed by atoms with E-state index in [1.165, 1.54) is 18.2 Å². The molecule has 0 saturated heterocycles. The van der Waals surface area contributed by atoms with Crippen LogP contribution in [0.1, 0.15) is 10.4 Å². The first kappa shape index (κ1) is 19.4. The minimum atomic E-state index is -1.87. The van der Waals surface area contributed by atoms with Crippen LogP contribution in [0.3, 0.4) is 0 Å². The number of pyridine rings is 1. The van der Waals surface area contributed by atoms with Crippen LogP contribution >= 0.6 is 0 Å². The predicted octanol–water partition coefficient (Wildman–Crippen LogP) is 4.71. The largest absolute Gasteiger partial charge is 0.491 e. The van der Waals surface area contributed by atoms with Gasteiger partial charge in [0.05, 0.1) is 7.11 Å². The molecule has 2 heterocycles. The summed E-state index contributed by atoms with van der Waals surface area (Å²) in [6, 6.07) is 9.30. The monoisotopic (exact) mass is 417 g/mol. The second-order valence-corrected chi connectivity index (χ2v) is 6.04. The molecule has 0 saturated carbocycles. The number of methoxy groups -OCH3 is 1. The number of hydrogen-bond donors (Lipinski definition) is 1. The number of anilines is 1. The van der Waals surface area contributed by atoms with Crippen molar-refractivity contribution in [2.24, 2.45) is 0 Å². The predicted molar refractivity (Wildman–Crippen MR) is 98.0 cm³/mol. The number of fused-ring (bicyclic) bond motifs is 1. The fourth-order valence-corrected chi connectivity index (χ4v) is 2.81. The summed E-state index contributed by atoms with van der Waals surface area (Å²) in [6.45, 7) is 0. The average molecular weight is 417 g/mol. The molecule has 4 aromatic rings. The number of carbonyl (C=O) groups excluding carboxylic acids is 1. The lowest BCUT2D eigenvalue weighted by Crippen LogP contribution is -2.18. The molecule has 0 fully saturated rings.